The summed E-state index contributed by atoms with van der Waals surface area (Å²) in [5.41, 5.74) is 0. The van der Waals surface area contributed by atoms with Crippen LogP contribution in [0.5, 0.6) is 0 Å². The third-order valence-corrected chi connectivity index (χ3v) is 4.83. The van der Waals surface area contributed by atoms with Gasteiger partial charge in [0.05, 0.1) is 11.8 Å². The van der Waals surface area contributed by atoms with Crippen LogP contribution >= 0.6 is 0 Å². The summed E-state index contributed by atoms with van der Waals surface area (Å²) in [5, 5.41) is 8.38. The molecule has 2 unspecified atom stereocenters. The molecule has 1 fully saturated rings. The summed E-state index contributed by atoms with van der Waals surface area (Å²) >= 11 is 0. The molecule has 0 aromatic heterocycles. The standard InChI is InChI=1S/C10H19NO4S/c1-3-11(7-10(12)13)8-5-4-6-9(8)16(2,14)15/h8-9H,3-7H2,1-2H3,(H,12,13). The van der Waals surface area contributed by atoms with E-state index in [1.54, 1.807) is 4.90 Å². The van der Waals surface area contributed by atoms with Crippen molar-refractivity contribution < 1.29 is 18.3 Å². The fourth-order valence-corrected chi connectivity index (χ4v) is 3.93. The summed E-state index contributed by atoms with van der Waals surface area (Å²) in [5.74, 6) is -0.902. The van der Waals surface area contributed by atoms with E-state index in [9.17, 15) is 13.2 Å². The van der Waals surface area contributed by atoms with E-state index in [-0.39, 0.29) is 12.6 Å². The highest BCUT2D eigenvalue weighted by molar-refractivity contribution is 7.91. The number of nitrogens with zero attached hydrogens (tertiary/aromatic N) is 1. The first-order valence-corrected chi connectivity index (χ1v) is 7.46. The lowest BCUT2D eigenvalue weighted by Gasteiger charge is -2.29. The summed E-state index contributed by atoms with van der Waals surface area (Å²) in [7, 11) is -3.08. The van der Waals surface area contributed by atoms with Crippen molar-refractivity contribution >= 4 is 15.8 Å². The maximum absolute atomic E-state index is 11.6. The van der Waals surface area contributed by atoms with Crippen LogP contribution in [-0.4, -0.2) is 55.0 Å². The SMILES string of the molecule is CCN(CC(=O)O)C1CCCC1S(C)(=O)=O. The molecule has 1 N–H and O–H groups in total. The minimum Gasteiger partial charge on any atom is -0.480 e. The molecular formula is C10H19NO4S. The van der Waals surface area contributed by atoms with Crippen LogP contribution < -0.4 is 0 Å². The Morgan fingerprint density at radius 1 is 1.44 bits per heavy atom. The molecule has 0 bridgehead atoms. The van der Waals surface area contributed by atoms with Crippen molar-refractivity contribution in [2.45, 2.75) is 37.5 Å². The van der Waals surface area contributed by atoms with Crippen molar-refractivity contribution in [3.63, 3.8) is 0 Å². The van der Waals surface area contributed by atoms with Gasteiger partial charge in [-0.15, -0.1) is 0 Å². The minimum absolute atomic E-state index is 0.0762. The molecule has 0 aliphatic heterocycles. The van der Waals surface area contributed by atoms with Crippen molar-refractivity contribution in [2.75, 3.05) is 19.3 Å². The van der Waals surface area contributed by atoms with Crippen molar-refractivity contribution in [2.24, 2.45) is 0 Å². The summed E-state index contributed by atoms with van der Waals surface area (Å²) in [6.45, 7) is 2.36. The van der Waals surface area contributed by atoms with Gasteiger partial charge in [-0.1, -0.05) is 13.3 Å². The number of carboxylic acid groups (broad SMARTS) is 1. The molecule has 5 nitrogen and oxygen atoms in total. The van der Waals surface area contributed by atoms with Gasteiger partial charge in [0.2, 0.25) is 0 Å². The van der Waals surface area contributed by atoms with Crippen LogP contribution in [0.15, 0.2) is 0 Å². The Labute approximate surface area is 96.4 Å². The first kappa shape index (κ1) is 13.4. The van der Waals surface area contributed by atoms with E-state index in [2.05, 4.69) is 0 Å². The summed E-state index contributed by atoms with van der Waals surface area (Å²) in [6.07, 6.45) is 3.53. The third kappa shape index (κ3) is 3.18. The largest absolute Gasteiger partial charge is 0.480 e. The molecule has 0 heterocycles. The van der Waals surface area contributed by atoms with Crippen molar-refractivity contribution in [1.82, 2.24) is 4.90 Å². The molecular weight excluding hydrogens is 230 g/mol. The Kier molecular flexibility index (Phi) is 4.32. The predicted octanol–water partition coefficient (Wildman–Crippen LogP) is 0.359. The molecule has 94 valence electrons. The molecule has 0 aromatic rings. The number of carbonyl (C=O) groups is 1. The maximum atomic E-state index is 11.6. The van der Waals surface area contributed by atoms with Crippen LogP contribution in [0.4, 0.5) is 0 Å². The number of carboxylic acids is 1. The maximum Gasteiger partial charge on any atom is 0.317 e. The Morgan fingerprint density at radius 3 is 2.50 bits per heavy atom. The molecule has 2 atom stereocenters. The second-order valence-electron chi connectivity index (χ2n) is 4.32. The molecule has 16 heavy (non-hydrogen) atoms. The zero-order valence-electron chi connectivity index (χ0n) is 9.72. The van der Waals surface area contributed by atoms with E-state index in [0.717, 1.165) is 12.8 Å². The Balaban J connectivity index is 2.80. The molecule has 6 heteroatoms. The van der Waals surface area contributed by atoms with Gasteiger partial charge in [0, 0.05) is 12.3 Å². The van der Waals surface area contributed by atoms with Crippen LogP contribution in [0.25, 0.3) is 0 Å². The van der Waals surface area contributed by atoms with Gasteiger partial charge >= 0.3 is 5.97 Å². The summed E-state index contributed by atoms with van der Waals surface area (Å²) < 4.78 is 23.2. The number of aliphatic carboxylic acids is 1. The lowest BCUT2D eigenvalue weighted by molar-refractivity contribution is -0.138. The van der Waals surface area contributed by atoms with E-state index >= 15 is 0 Å². The number of sulfone groups is 1. The van der Waals surface area contributed by atoms with Crippen LogP contribution in [0.1, 0.15) is 26.2 Å². The van der Waals surface area contributed by atoms with E-state index in [1.165, 1.54) is 6.26 Å². The minimum atomic E-state index is -3.08. The fraction of sp³-hybridized carbons (Fsp3) is 0.900. The van der Waals surface area contributed by atoms with Crippen molar-refractivity contribution in [3.8, 4) is 0 Å². The van der Waals surface area contributed by atoms with Gasteiger partial charge in [0.1, 0.15) is 0 Å². The van der Waals surface area contributed by atoms with Crippen molar-refractivity contribution in [3.05, 3.63) is 0 Å². The van der Waals surface area contributed by atoms with E-state index in [0.29, 0.717) is 13.0 Å². The first-order chi connectivity index (χ1) is 7.36. The van der Waals surface area contributed by atoms with Crippen LogP contribution in [0.2, 0.25) is 0 Å². The van der Waals surface area contributed by atoms with E-state index < -0.39 is 21.1 Å². The zero-order valence-corrected chi connectivity index (χ0v) is 10.5. The van der Waals surface area contributed by atoms with E-state index in [1.807, 2.05) is 6.92 Å². The molecule has 0 aromatic carbocycles. The van der Waals surface area contributed by atoms with Crippen LogP contribution in [-0.2, 0) is 14.6 Å². The molecule has 1 rings (SSSR count). The van der Waals surface area contributed by atoms with Gasteiger partial charge in [0.15, 0.2) is 9.84 Å². The summed E-state index contributed by atoms with van der Waals surface area (Å²) in [4.78, 5) is 12.4. The first-order valence-electron chi connectivity index (χ1n) is 5.51. The van der Waals surface area contributed by atoms with Gasteiger partial charge in [0.25, 0.3) is 0 Å². The number of likely N-dealkylation sites (N-methyl/N-ethyl adjacent to an activating group) is 1. The van der Waals surface area contributed by atoms with Crippen molar-refractivity contribution in [1.29, 1.82) is 0 Å². The molecule has 0 amide bonds. The quantitative estimate of drug-likeness (QED) is 0.761. The molecule has 1 aliphatic carbocycles. The topological polar surface area (TPSA) is 74.7 Å². The molecule has 1 saturated carbocycles. The normalized spacial score (nSPS) is 26.2. The highest BCUT2D eigenvalue weighted by Gasteiger charge is 2.38. The highest BCUT2D eigenvalue weighted by atomic mass is 32.2. The van der Waals surface area contributed by atoms with Gasteiger partial charge in [-0.3, -0.25) is 9.69 Å². The molecule has 0 radical (unpaired) electrons. The third-order valence-electron chi connectivity index (χ3n) is 3.18. The van der Waals surface area contributed by atoms with E-state index in [4.69, 9.17) is 5.11 Å². The predicted molar refractivity (Wildman–Crippen MR) is 61.2 cm³/mol. The lowest BCUT2D eigenvalue weighted by Crippen LogP contribution is -2.45. The lowest BCUT2D eigenvalue weighted by atomic mass is 10.2. The highest BCUT2D eigenvalue weighted by Crippen LogP contribution is 2.29. The van der Waals surface area contributed by atoms with Crippen LogP contribution in [0, 0.1) is 0 Å². The average molecular weight is 249 g/mol. The summed E-state index contributed by atoms with van der Waals surface area (Å²) in [6, 6.07) is -0.129. The van der Waals surface area contributed by atoms with Gasteiger partial charge in [-0.05, 0) is 19.4 Å². The fourth-order valence-electron chi connectivity index (χ4n) is 2.46. The second kappa shape index (κ2) is 5.14. The Hall–Kier alpha value is -0.620. The Morgan fingerprint density at radius 2 is 2.06 bits per heavy atom. The van der Waals surface area contributed by atoms with Gasteiger partial charge in [-0.2, -0.15) is 0 Å². The van der Waals surface area contributed by atoms with Gasteiger partial charge < -0.3 is 5.11 Å². The van der Waals surface area contributed by atoms with Gasteiger partial charge in [-0.25, -0.2) is 8.42 Å². The molecule has 0 saturated heterocycles. The average Bonchev–Trinajstić information content (AvgIpc) is 2.61. The number of hydrogen-bond acceptors (Lipinski definition) is 4. The monoisotopic (exact) mass is 249 g/mol. The molecule has 0 spiro atoms. The Bertz CT molecular complexity index is 352. The smallest absolute Gasteiger partial charge is 0.317 e. The van der Waals surface area contributed by atoms with Crippen LogP contribution in [0.3, 0.4) is 0 Å². The zero-order chi connectivity index (χ0) is 12.3. The molecule has 1 aliphatic rings. The number of rotatable bonds is 5. The number of hydrogen-bond donors (Lipinski definition) is 1. The second-order valence-corrected chi connectivity index (χ2v) is 6.59.